The molecule has 2 aromatic rings. The zero-order valence-corrected chi connectivity index (χ0v) is 13.0. The molecule has 1 amide bonds. The number of fused-ring (bicyclic) bond motifs is 1. The minimum atomic E-state index is -0.330. The number of hydrogen-bond donors (Lipinski definition) is 1. The highest BCUT2D eigenvalue weighted by molar-refractivity contribution is 5.96. The molecule has 2 heterocycles. The summed E-state index contributed by atoms with van der Waals surface area (Å²) in [6.07, 6.45) is 1.50. The van der Waals surface area contributed by atoms with Crippen molar-refractivity contribution in [3.63, 3.8) is 0 Å². The van der Waals surface area contributed by atoms with Gasteiger partial charge in [-0.05, 0) is 32.0 Å². The van der Waals surface area contributed by atoms with Crippen molar-refractivity contribution < 1.29 is 23.4 Å². The number of ether oxygens (including phenoxy) is 3. The molecule has 0 saturated carbocycles. The van der Waals surface area contributed by atoms with E-state index >= 15 is 0 Å². The van der Waals surface area contributed by atoms with Gasteiger partial charge in [-0.2, -0.15) is 5.10 Å². The van der Waals surface area contributed by atoms with Crippen molar-refractivity contribution >= 4 is 12.1 Å². The van der Waals surface area contributed by atoms with Crippen molar-refractivity contribution in [1.29, 1.82) is 0 Å². The molecule has 0 aliphatic carbocycles. The van der Waals surface area contributed by atoms with E-state index < -0.39 is 0 Å². The van der Waals surface area contributed by atoms with Crippen LogP contribution in [0.25, 0.3) is 0 Å². The lowest BCUT2D eigenvalue weighted by Gasteiger charge is -2.05. The quantitative estimate of drug-likeness (QED) is 0.692. The van der Waals surface area contributed by atoms with Crippen LogP contribution in [0.2, 0.25) is 0 Å². The van der Waals surface area contributed by atoms with Crippen molar-refractivity contribution in [2.24, 2.45) is 5.10 Å². The Morgan fingerprint density at radius 1 is 1.30 bits per heavy atom. The fourth-order valence-electron chi connectivity index (χ4n) is 2.31. The molecule has 0 atom stereocenters. The van der Waals surface area contributed by atoms with Gasteiger partial charge >= 0.3 is 0 Å². The van der Waals surface area contributed by atoms with E-state index in [0.29, 0.717) is 39.9 Å². The first-order valence-electron chi connectivity index (χ1n) is 6.96. The number of nitrogens with zero attached hydrogens (tertiary/aromatic N) is 1. The third-order valence-electron chi connectivity index (χ3n) is 3.35. The molecule has 23 heavy (non-hydrogen) atoms. The number of hydrazone groups is 1. The number of carbonyl (C=O) groups is 1. The largest absolute Gasteiger partial charge is 0.493 e. The highest BCUT2D eigenvalue weighted by Gasteiger charge is 2.19. The minimum absolute atomic E-state index is 0.155. The topological polar surface area (TPSA) is 82.3 Å². The van der Waals surface area contributed by atoms with Crippen LogP contribution in [-0.4, -0.2) is 26.0 Å². The summed E-state index contributed by atoms with van der Waals surface area (Å²) in [5.74, 6) is 2.60. The van der Waals surface area contributed by atoms with E-state index in [9.17, 15) is 4.79 Å². The van der Waals surface area contributed by atoms with Crippen LogP contribution in [0.1, 0.15) is 27.4 Å². The van der Waals surface area contributed by atoms with E-state index in [4.69, 9.17) is 18.6 Å². The predicted molar refractivity (Wildman–Crippen MR) is 82.4 cm³/mol. The van der Waals surface area contributed by atoms with Crippen LogP contribution in [0.5, 0.6) is 17.2 Å². The maximum Gasteiger partial charge on any atom is 0.274 e. The van der Waals surface area contributed by atoms with Gasteiger partial charge in [-0.1, -0.05) is 0 Å². The summed E-state index contributed by atoms with van der Waals surface area (Å²) in [6, 6.07) is 5.17. The van der Waals surface area contributed by atoms with E-state index in [2.05, 4.69) is 10.5 Å². The highest BCUT2D eigenvalue weighted by atomic mass is 16.7. The van der Waals surface area contributed by atoms with Crippen molar-refractivity contribution in [1.82, 2.24) is 5.43 Å². The molecule has 3 rings (SSSR count). The van der Waals surface area contributed by atoms with Crippen LogP contribution in [0.15, 0.2) is 27.7 Å². The zero-order valence-electron chi connectivity index (χ0n) is 13.0. The maximum atomic E-state index is 12.0. The molecule has 7 nitrogen and oxygen atoms in total. The van der Waals surface area contributed by atoms with Gasteiger partial charge in [0.2, 0.25) is 12.5 Å². The van der Waals surface area contributed by atoms with E-state index in [-0.39, 0.29) is 12.7 Å². The number of furan rings is 1. The van der Waals surface area contributed by atoms with E-state index in [1.807, 2.05) is 0 Å². The van der Waals surface area contributed by atoms with Crippen LogP contribution in [0.3, 0.4) is 0 Å². The van der Waals surface area contributed by atoms with Gasteiger partial charge < -0.3 is 18.6 Å². The fraction of sp³-hybridized carbons (Fsp3) is 0.250. The lowest BCUT2D eigenvalue weighted by Crippen LogP contribution is -2.17. The number of rotatable bonds is 4. The normalized spacial score (nSPS) is 12.7. The number of aryl methyl sites for hydroxylation is 2. The van der Waals surface area contributed by atoms with Gasteiger partial charge in [0, 0.05) is 5.56 Å². The SMILES string of the molecule is COc1cc(/C=N\NC(=O)c2cc(C)oc2C)cc2c1OCO2. The average Bonchev–Trinajstić information content (AvgIpc) is 3.12. The molecule has 0 bridgehead atoms. The summed E-state index contributed by atoms with van der Waals surface area (Å²) in [6.45, 7) is 3.67. The second-order valence-corrected chi connectivity index (χ2v) is 4.98. The smallest absolute Gasteiger partial charge is 0.274 e. The Kier molecular flexibility index (Phi) is 3.92. The van der Waals surface area contributed by atoms with Gasteiger partial charge in [-0.25, -0.2) is 5.43 Å². The molecular formula is C16H16N2O5. The lowest BCUT2D eigenvalue weighted by atomic mass is 10.2. The summed E-state index contributed by atoms with van der Waals surface area (Å²) in [7, 11) is 1.55. The monoisotopic (exact) mass is 316 g/mol. The summed E-state index contributed by atoms with van der Waals surface area (Å²) < 4.78 is 21.2. The summed E-state index contributed by atoms with van der Waals surface area (Å²) >= 11 is 0. The zero-order chi connectivity index (χ0) is 16.4. The Hall–Kier alpha value is -2.96. The third-order valence-corrected chi connectivity index (χ3v) is 3.35. The van der Waals surface area contributed by atoms with Gasteiger partial charge in [0.05, 0.1) is 18.9 Å². The second kappa shape index (κ2) is 6.04. The summed E-state index contributed by atoms with van der Waals surface area (Å²) in [5, 5.41) is 3.95. The van der Waals surface area contributed by atoms with Crippen molar-refractivity contribution in [3.8, 4) is 17.2 Å². The van der Waals surface area contributed by atoms with E-state index in [1.54, 1.807) is 39.2 Å². The number of benzene rings is 1. The van der Waals surface area contributed by atoms with Crippen LogP contribution < -0.4 is 19.6 Å². The van der Waals surface area contributed by atoms with Crippen molar-refractivity contribution in [3.05, 3.63) is 40.8 Å². The molecular weight excluding hydrogens is 300 g/mol. The van der Waals surface area contributed by atoms with Gasteiger partial charge in [-0.15, -0.1) is 0 Å². The van der Waals surface area contributed by atoms with Crippen LogP contribution in [-0.2, 0) is 0 Å². The molecule has 1 aliphatic rings. The molecule has 120 valence electrons. The molecule has 0 radical (unpaired) electrons. The molecule has 1 N–H and O–H groups in total. The highest BCUT2D eigenvalue weighted by Crippen LogP contribution is 2.41. The molecule has 1 aliphatic heterocycles. The molecule has 1 aromatic heterocycles. The average molecular weight is 316 g/mol. The standard InChI is InChI=1S/C16H16N2O5/c1-9-4-12(10(2)23-9)16(19)18-17-7-11-5-13(20-3)15-14(6-11)21-8-22-15/h4-7H,8H2,1-3H3,(H,18,19)/b17-7-. The Labute approximate surface area is 132 Å². The number of carbonyl (C=O) groups excluding carboxylic acids is 1. The Bertz CT molecular complexity index is 779. The van der Waals surface area contributed by atoms with E-state index in [1.165, 1.54) is 6.21 Å². The van der Waals surface area contributed by atoms with Crippen LogP contribution in [0, 0.1) is 13.8 Å². The molecule has 7 heteroatoms. The predicted octanol–water partition coefficient (Wildman–Crippen LogP) is 2.40. The van der Waals surface area contributed by atoms with E-state index in [0.717, 1.165) is 0 Å². The van der Waals surface area contributed by atoms with Gasteiger partial charge in [0.15, 0.2) is 11.5 Å². The van der Waals surface area contributed by atoms with Crippen molar-refractivity contribution in [2.75, 3.05) is 13.9 Å². The molecule has 1 aromatic carbocycles. The molecule has 0 fully saturated rings. The second-order valence-electron chi connectivity index (χ2n) is 4.98. The first-order chi connectivity index (χ1) is 11.1. The van der Waals surface area contributed by atoms with Gasteiger partial charge in [0.1, 0.15) is 11.5 Å². The lowest BCUT2D eigenvalue weighted by molar-refractivity contribution is 0.0953. The number of amides is 1. The maximum absolute atomic E-state index is 12.0. The first kappa shape index (κ1) is 15.0. The number of nitrogens with one attached hydrogen (secondary N) is 1. The minimum Gasteiger partial charge on any atom is -0.493 e. The fourth-order valence-corrected chi connectivity index (χ4v) is 2.31. The van der Waals surface area contributed by atoms with Gasteiger partial charge in [-0.3, -0.25) is 4.79 Å². The first-order valence-corrected chi connectivity index (χ1v) is 6.96. The molecule has 0 unspecified atom stereocenters. The van der Waals surface area contributed by atoms with Crippen LogP contribution in [0.4, 0.5) is 0 Å². The van der Waals surface area contributed by atoms with Gasteiger partial charge in [0.25, 0.3) is 5.91 Å². The Morgan fingerprint density at radius 2 is 2.13 bits per heavy atom. The number of methoxy groups -OCH3 is 1. The Morgan fingerprint density at radius 3 is 2.83 bits per heavy atom. The molecule has 0 spiro atoms. The Balaban J connectivity index is 1.73. The molecule has 0 saturated heterocycles. The van der Waals surface area contributed by atoms with Crippen LogP contribution >= 0.6 is 0 Å². The summed E-state index contributed by atoms with van der Waals surface area (Å²) in [4.78, 5) is 12.0. The summed E-state index contributed by atoms with van der Waals surface area (Å²) in [5.41, 5.74) is 3.64. The van der Waals surface area contributed by atoms with Crippen molar-refractivity contribution in [2.45, 2.75) is 13.8 Å². The number of hydrogen-bond acceptors (Lipinski definition) is 6. The third kappa shape index (κ3) is 2.98.